The van der Waals surface area contributed by atoms with Crippen molar-refractivity contribution in [1.82, 2.24) is 9.97 Å². The normalized spacial score (nSPS) is 11.0. The molecule has 7 nitrogen and oxygen atoms in total. The van der Waals surface area contributed by atoms with Crippen LogP contribution in [0.3, 0.4) is 0 Å². The van der Waals surface area contributed by atoms with Crippen LogP contribution in [0.4, 0.5) is 35.4 Å². The van der Waals surface area contributed by atoms with Crippen molar-refractivity contribution >= 4 is 23.5 Å². The zero-order valence-corrected chi connectivity index (χ0v) is 11.8. The van der Waals surface area contributed by atoms with Crippen LogP contribution < -0.4 is 16.1 Å². The zero-order chi connectivity index (χ0) is 17.0. The van der Waals surface area contributed by atoms with Crippen molar-refractivity contribution in [2.24, 2.45) is 0 Å². The molecule has 0 spiro atoms. The number of benzene rings is 1. The zero-order valence-electron chi connectivity index (χ0n) is 11.8. The number of alkyl halides is 3. The Balaban J connectivity index is 2.15. The second kappa shape index (κ2) is 6.48. The molecule has 0 aliphatic carbocycles. The first-order valence-electron chi connectivity index (χ1n) is 6.29. The van der Waals surface area contributed by atoms with Gasteiger partial charge in [-0.25, -0.2) is 9.78 Å². The molecule has 1 heterocycles. The average Bonchev–Trinajstić information content (AvgIpc) is 2.48. The monoisotopic (exact) mass is 327 g/mol. The van der Waals surface area contributed by atoms with E-state index in [9.17, 15) is 18.0 Å². The molecule has 0 radical (unpaired) electrons. The van der Waals surface area contributed by atoms with E-state index in [2.05, 4.69) is 20.6 Å². The number of rotatable bonds is 3. The van der Waals surface area contributed by atoms with Crippen LogP contribution in [0, 0.1) is 6.92 Å². The first-order chi connectivity index (χ1) is 10.8. The molecule has 23 heavy (non-hydrogen) atoms. The predicted molar refractivity (Wildman–Crippen MR) is 76.3 cm³/mol. The summed E-state index contributed by atoms with van der Waals surface area (Å²) in [5, 5.41) is 13.2. The van der Waals surface area contributed by atoms with Crippen LogP contribution in [0.15, 0.2) is 30.3 Å². The summed E-state index contributed by atoms with van der Waals surface area (Å²) in [6.07, 6.45) is -4.75. The number of aryl methyl sites for hydroxylation is 1. The topological polar surface area (TPSA) is 99.2 Å². The molecule has 0 atom stereocenters. The smallest absolute Gasteiger partial charge is 0.308 e. The van der Waals surface area contributed by atoms with E-state index in [1.165, 1.54) is 5.48 Å². The molecule has 0 aliphatic heterocycles. The number of hydrogen-bond donors (Lipinski definition) is 4. The van der Waals surface area contributed by atoms with E-state index in [1.54, 1.807) is 24.3 Å². The molecule has 0 unspecified atom stereocenters. The van der Waals surface area contributed by atoms with Crippen molar-refractivity contribution < 1.29 is 23.2 Å². The van der Waals surface area contributed by atoms with Crippen LogP contribution in [0.25, 0.3) is 0 Å². The lowest BCUT2D eigenvalue weighted by Crippen LogP contribution is -2.22. The van der Waals surface area contributed by atoms with E-state index in [0.29, 0.717) is 11.8 Å². The van der Waals surface area contributed by atoms with Crippen LogP contribution in [-0.2, 0) is 6.18 Å². The maximum absolute atomic E-state index is 12.7. The fourth-order valence-corrected chi connectivity index (χ4v) is 1.61. The summed E-state index contributed by atoms with van der Waals surface area (Å²) >= 11 is 0. The summed E-state index contributed by atoms with van der Waals surface area (Å²) in [5.74, 6) is -1.11. The van der Waals surface area contributed by atoms with E-state index in [-0.39, 0.29) is 0 Å². The van der Waals surface area contributed by atoms with E-state index in [4.69, 9.17) is 5.21 Å². The summed E-state index contributed by atoms with van der Waals surface area (Å²) in [6, 6.07) is 6.44. The third-order valence-corrected chi connectivity index (χ3v) is 2.67. The highest BCUT2D eigenvalue weighted by Gasteiger charge is 2.34. The van der Waals surface area contributed by atoms with Crippen molar-refractivity contribution in [3.63, 3.8) is 0 Å². The Morgan fingerprint density at radius 1 is 1.13 bits per heavy atom. The number of nitrogens with zero attached hydrogens (tertiary/aromatic N) is 2. The van der Waals surface area contributed by atoms with Crippen molar-refractivity contribution in [2.75, 3.05) is 16.1 Å². The summed E-state index contributed by atoms with van der Waals surface area (Å²) < 4.78 is 38.0. The van der Waals surface area contributed by atoms with Crippen molar-refractivity contribution in [3.8, 4) is 0 Å². The quantitative estimate of drug-likeness (QED) is 0.649. The number of anilines is 3. The number of hydrogen-bond acceptors (Lipinski definition) is 5. The van der Waals surface area contributed by atoms with E-state index < -0.39 is 29.7 Å². The van der Waals surface area contributed by atoms with Gasteiger partial charge in [-0.05, 0) is 19.1 Å². The molecule has 122 valence electrons. The van der Waals surface area contributed by atoms with Crippen LogP contribution >= 0.6 is 0 Å². The SMILES string of the molecule is Cc1ccc(NC(=O)Nc2nc(NO)cc(C(F)(F)F)n2)cc1. The van der Waals surface area contributed by atoms with Crippen LogP contribution in [0.2, 0.25) is 0 Å². The van der Waals surface area contributed by atoms with E-state index in [0.717, 1.165) is 5.56 Å². The number of halogens is 3. The highest BCUT2D eigenvalue weighted by molar-refractivity contribution is 5.98. The van der Waals surface area contributed by atoms with Gasteiger partial charge in [0.2, 0.25) is 5.95 Å². The Bertz CT molecular complexity index is 704. The first-order valence-corrected chi connectivity index (χ1v) is 6.29. The molecular formula is C13H12F3N5O2. The highest BCUT2D eigenvalue weighted by Crippen LogP contribution is 2.29. The van der Waals surface area contributed by atoms with Gasteiger partial charge in [-0.2, -0.15) is 18.2 Å². The molecule has 0 bridgehead atoms. The van der Waals surface area contributed by atoms with Gasteiger partial charge in [-0.3, -0.25) is 16.0 Å². The molecule has 0 fully saturated rings. The van der Waals surface area contributed by atoms with E-state index >= 15 is 0 Å². The molecule has 0 saturated heterocycles. The lowest BCUT2D eigenvalue weighted by molar-refractivity contribution is -0.141. The number of amides is 2. The van der Waals surface area contributed by atoms with Crippen LogP contribution in [-0.4, -0.2) is 21.2 Å². The third kappa shape index (κ3) is 4.54. The Hall–Kier alpha value is -2.88. The number of aromatic nitrogens is 2. The summed E-state index contributed by atoms with van der Waals surface area (Å²) in [5.41, 5.74) is 1.60. The lowest BCUT2D eigenvalue weighted by atomic mass is 10.2. The lowest BCUT2D eigenvalue weighted by Gasteiger charge is -2.11. The molecule has 2 rings (SSSR count). The fourth-order valence-electron chi connectivity index (χ4n) is 1.61. The standard InChI is InChI=1S/C13H12F3N5O2/c1-7-2-4-8(5-3-7)17-12(22)20-11-18-9(13(14,15)16)6-10(19-11)21-23/h2-6,23H,1H3,(H3,17,18,19,20,21,22). The Kier molecular flexibility index (Phi) is 4.65. The number of carbonyl (C=O) groups excluding carboxylic acids is 1. The third-order valence-electron chi connectivity index (χ3n) is 2.67. The number of urea groups is 1. The summed E-state index contributed by atoms with van der Waals surface area (Å²) in [7, 11) is 0. The summed E-state index contributed by atoms with van der Waals surface area (Å²) in [6.45, 7) is 1.86. The number of nitrogens with one attached hydrogen (secondary N) is 3. The molecule has 2 aromatic rings. The van der Waals surface area contributed by atoms with Crippen molar-refractivity contribution in [3.05, 3.63) is 41.6 Å². The minimum absolute atomic E-state index is 0.445. The van der Waals surface area contributed by atoms with Gasteiger partial charge in [0.15, 0.2) is 11.5 Å². The average molecular weight is 327 g/mol. The molecule has 1 aromatic carbocycles. The second-order valence-electron chi connectivity index (χ2n) is 4.52. The first kappa shape index (κ1) is 16.5. The molecule has 10 heteroatoms. The van der Waals surface area contributed by atoms with Gasteiger partial charge in [-0.15, -0.1) is 0 Å². The minimum Gasteiger partial charge on any atom is -0.308 e. The Morgan fingerprint density at radius 3 is 2.35 bits per heavy atom. The largest absolute Gasteiger partial charge is 0.433 e. The van der Waals surface area contributed by atoms with Crippen molar-refractivity contribution in [1.29, 1.82) is 0 Å². The molecule has 2 amide bonds. The van der Waals surface area contributed by atoms with Gasteiger partial charge >= 0.3 is 12.2 Å². The highest BCUT2D eigenvalue weighted by atomic mass is 19.4. The van der Waals surface area contributed by atoms with Crippen molar-refractivity contribution in [2.45, 2.75) is 13.1 Å². The summed E-state index contributed by atoms with van der Waals surface area (Å²) in [4.78, 5) is 18.5. The van der Waals surface area contributed by atoms with E-state index in [1.807, 2.05) is 6.92 Å². The van der Waals surface area contributed by atoms with Gasteiger partial charge in [0.25, 0.3) is 0 Å². The Morgan fingerprint density at radius 2 is 1.78 bits per heavy atom. The fraction of sp³-hybridized carbons (Fsp3) is 0.154. The Labute approximate surface area is 128 Å². The molecule has 0 aliphatic rings. The second-order valence-corrected chi connectivity index (χ2v) is 4.52. The van der Waals surface area contributed by atoms with Crippen LogP contribution in [0.1, 0.15) is 11.3 Å². The molecule has 0 saturated carbocycles. The van der Waals surface area contributed by atoms with Crippen LogP contribution in [0.5, 0.6) is 0 Å². The van der Waals surface area contributed by atoms with Gasteiger partial charge in [-0.1, -0.05) is 17.7 Å². The number of carbonyl (C=O) groups is 1. The van der Waals surface area contributed by atoms with Gasteiger partial charge in [0, 0.05) is 11.8 Å². The molecule has 1 aromatic heterocycles. The van der Waals surface area contributed by atoms with Gasteiger partial charge < -0.3 is 5.32 Å². The van der Waals surface area contributed by atoms with Gasteiger partial charge in [0.1, 0.15) is 0 Å². The molecule has 4 N–H and O–H groups in total. The minimum atomic E-state index is -4.75. The maximum atomic E-state index is 12.7. The van der Waals surface area contributed by atoms with Gasteiger partial charge in [0.05, 0.1) is 0 Å². The predicted octanol–water partition coefficient (Wildman–Crippen LogP) is 3.25. The molecular weight excluding hydrogens is 315 g/mol. The maximum Gasteiger partial charge on any atom is 0.433 e.